The molecule has 0 aliphatic carbocycles. The minimum atomic E-state index is -4.37. The third kappa shape index (κ3) is 5.43. The number of benzene rings is 1. The summed E-state index contributed by atoms with van der Waals surface area (Å²) >= 11 is 0. The molecule has 124 valence electrons. The number of rotatable bonds is 6. The van der Waals surface area contributed by atoms with Crippen LogP contribution in [0.5, 0.6) is 0 Å². The maximum Gasteiger partial charge on any atom is 0.416 e. The molecule has 0 radical (unpaired) electrons. The van der Waals surface area contributed by atoms with E-state index in [1.165, 1.54) is 12.4 Å². The molecular weight excluding hydrogens is 305 g/mol. The summed E-state index contributed by atoms with van der Waals surface area (Å²) in [5, 5.41) is 6.03. The first-order valence-corrected chi connectivity index (χ1v) is 7.35. The lowest BCUT2D eigenvalue weighted by atomic mass is 10.1. The first-order valence-electron chi connectivity index (χ1n) is 7.35. The van der Waals surface area contributed by atoms with Gasteiger partial charge in [0.15, 0.2) is 0 Å². The molecule has 0 aliphatic heterocycles. The van der Waals surface area contributed by atoms with Gasteiger partial charge in [-0.25, -0.2) is 9.97 Å². The van der Waals surface area contributed by atoms with Gasteiger partial charge in [-0.1, -0.05) is 19.9 Å². The van der Waals surface area contributed by atoms with Crippen LogP contribution in [0.1, 0.15) is 25.8 Å². The monoisotopic (exact) mass is 324 g/mol. The quantitative estimate of drug-likeness (QED) is 0.809. The van der Waals surface area contributed by atoms with Crippen LogP contribution in [-0.4, -0.2) is 16.5 Å². The standard InChI is InChI=1S/C16H19F3N4/c1-11(2)6-7-20-14-9-15(22-10-21-14)23-13-5-3-4-12(8-13)16(17,18)19/h3-5,8-11H,6-7H2,1-2H3,(H2,20,21,22,23). The van der Waals surface area contributed by atoms with Crippen LogP contribution in [0.4, 0.5) is 30.5 Å². The summed E-state index contributed by atoms with van der Waals surface area (Å²) < 4.78 is 38.1. The minimum Gasteiger partial charge on any atom is -0.370 e. The van der Waals surface area contributed by atoms with Crippen LogP contribution in [0.3, 0.4) is 0 Å². The van der Waals surface area contributed by atoms with Gasteiger partial charge < -0.3 is 10.6 Å². The average Bonchev–Trinajstić information content (AvgIpc) is 2.47. The second kappa shape index (κ2) is 7.30. The largest absolute Gasteiger partial charge is 0.416 e. The Morgan fingerprint density at radius 1 is 1.09 bits per heavy atom. The molecule has 1 aromatic heterocycles. The number of hydrogen-bond donors (Lipinski definition) is 2. The lowest BCUT2D eigenvalue weighted by molar-refractivity contribution is -0.137. The lowest BCUT2D eigenvalue weighted by Crippen LogP contribution is -2.07. The summed E-state index contributed by atoms with van der Waals surface area (Å²) in [5.74, 6) is 1.65. The van der Waals surface area contributed by atoms with E-state index in [0.29, 0.717) is 23.2 Å². The number of nitrogens with zero attached hydrogens (tertiary/aromatic N) is 2. The molecule has 0 bridgehead atoms. The fourth-order valence-corrected chi connectivity index (χ4v) is 1.93. The molecule has 0 saturated carbocycles. The molecule has 2 aromatic rings. The molecule has 7 heteroatoms. The molecule has 2 N–H and O–H groups in total. The van der Waals surface area contributed by atoms with Crippen LogP contribution in [0.2, 0.25) is 0 Å². The van der Waals surface area contributed by atoms with Crippen molar-refractivity contribution in [1.82, 2.24) is 9.97 Å². The molecule has 0 spiro atoms. The van der Waals surface area contributed by atoms with Crippen LogP contribution >= 0.6 is 0 Å². The number of anilines is 3. The highest BCUT2D eigenvalue weighted by Crippen LogP contribution is 2.31. The van der Waals surface area contributed by atoms with Gasteiger partial charge in [0.25, 0.3) is 0 Å². The Labute approximate surface area is 133 Å². The Kier molecular flexibility index (Phi) is 5.41. The number of hydrogen-bond acceptors (Lipinski definition) is 4. The summed E-state index contributed by atoms with van der Waals surface area (Å²) in [5.41, 5.74) is -0.376. The van der Waals surface area contributed by atoms with Crippen LogP contribution in [-0.2, 0) is 6.18 Å². The van der Waals surface area contributed by atoms with Crippen LogP contribution in [0.25, 0.3) is 0 Å². The van der Waals surface area contributed by atoms with Gasteiger partial charge in [0.1, 0.15) is 18.0 Å². The molecule has 2 rings (SSSR count). The highest BCUT2D eigenvalue weighted by atomic mass is 19.4. The van der Waals surface area contributed by atoms with Crippen molar-refractivity contribution in [2.24, 2.45) is 5.92 Å². The molecular formula is C16H19F3N4. The number of alkyl halides is 3. The summed E-state index contributed by atoms with van der Waals surface area (Å²) in [7, 11) is 0. The first-order chi connectivity index (χ1) is 10.8. The van der Waals surface area contributed by atoms with E-state index in [1.54, 1.807) is 12.1 Å². The SMILES string of the molecule is CC(C)CCNc1cc(Nc2cccc(C(F)(F)F)c2)ncn1. The van der Waals surface area contributed by atoms with Crippen molar-refractivity contribution in [3.8, 4) is 0 Å². The fourth-order valence-electron chi connectivity index (χ4n) is 1.93. The second-order valence-electron chi connectivity index (χ2n) is 5.60. The molecule has 0 saturated heterocycles. The molecule has 0 unspecified atom stereocenters. The molecule has 0 fully saturated rings. The summed E-state index contributed by atoms with van der Waals surface area (Å²) in [4.78, 5) is 8.12. The summed E-state index contributed by atoms with van der Waals surface area (Å²) in [6.07, 6.45) is -2.00. The van der Waals surface area contributed by atoms with Gasteiger partial charge in [0.05, 0.1) is 5.56 Å². The van der Waals surface area contributed by atoms with E-state index in [2.05, 4.69) is 34.4 Å². The Balaban J connectivity index is 2.06. The maximum atomic E-state index is 12.7. The highest BCUT2D eigenvalue weighted by Gasteiger charge is 2.30. The van der Waals surface area contributed by atoms with Gasteiger partial charge in [-0.3, -0.25) is 0 Å². The smallest absolute Gasteiger partial charge is 0.370 e. The molecule has 23 heavy (non-hydrogen) atoms. The first kappa shape index (κ1) is 17.1. The Bertz CT molecular complexity index is 641. The molecule has 0 atom stereocenters. The predicted molar refractivity (Wildman–Crippen MR) is 84.7 cm³/mol. The van der Waals surface area contributed by atoms with E-state index >= 15 is 0 Å². The third-order valence-corrected chi connectivity index (χ3v) is 3.16. The fraction of sp³-hybridized carbons (Fsp3) is 0.375. The van der Waals surface area contributed by atoms with Crippen molar-refractivity contribution in [3.63, 3.8) is 0 Å². The summed E-state index contributed by atoms with van der Waals surface area (Å²) in [6.45, 7) is 5.03. The molecule has 1 heterocycles. The van der Waals surface area contributed by atoms with E-state index in [9.17, 15) is 13.2 Å². The third-order valence-electron chi connectivity index (χ3n) is 3.16. The Morgan fingerprint density at radius 2 is 1.83 bits per heavy atom. The topological polar surface area (TPSA) is 49.8 Å². The molecule has 4 nitrogen and oxygen atoms in total. The normalized spacial score (nSPS) is 11.6. The van der Waals surface area contributed by atoms with Crippen molar-refractivity contribution in [3.05, 3.63) is 42.2 Å². The van der Waals surface area contributed by atoms with Crippen molar-refractivity contribution < 1.29 is 13.2 Å². The van der Waals surface area contributed by atoms with Gasteiger partial charge in [0.2, 0.25) is 0 Å². The number of halogens is 3. The number of nitrogens with one attached hydrogen (secondary N) is 2. The maximum absolute atomic E-state index is 12.7. The minimum absolute atomic E-state index is 0.326. The van der Waals surface area contributed by atoms with Gasteiger partial charge in [-0.05, 0) is 30.5 Å². The zero-order chi connectivity index (χ0) is 16.9. The second-order valence-corrected chi connectivity index (χ2v) is 5.60. The van der Waals surface area contributed by atoms with Crippen molar-refractivity contribution in [2.45, 2.75) is 26.4 Å². The van der Waals surface area contributed by atoms with E-state index < -0.39 is 11.7 Å². The van der Waals surface area contributed by atoms with Crippen LogP contribution in [0.15, 0.2) is 36.7 Å². The Morgan fingerprint density at radius 3 is 2.52 bits per heavy atom. The molecule has 1 aromatic carbocycles. The van der Waals surface area contributed by atoms with Crippen LogP contribution in [0, 0.1) is 5.92 Å². The zero-order valence-electron chi connectivity index (χ0n) is 13.0. The highest BCUT2D eigenvalue weighted by molar-refractivity contribution is 5.59. The zero-order valence-corrected chi connectivity index (χ0v) is 13.0. The average molecular weight is 324 g/mol. The van der Waals surface area contributed by atoms with Gasteiger partial charge in [0, 0.05) is 18.3 Å². The van der Waals surface area contributed by atoms with Gasteiger partial charge in [-0.15, -0.1) is 0 Å². The van der Waals surface area contributed by atoms with Crippen molar-refractivity contribution in [2.75, 3.05) is 17.2 Å². The van der Waals surface area contributed by atoms with Crippen molar-refractivity contribution >= 4 is 17.3 Å². The van der Waals surface area contributed by atoms with E-state index in [-0.39, 0.29) is 0 Å². The van der Waals surface area contributed by atoms with Crippen LogP contribution < -0.4 is 10.6 Å². The summed E-state index contributed by atoms with van der Waals surface area (Å²) in [6, 6.07) is 6.66. The molecule has 0 amide bonds. The lowest BCUT2D eigenvalue weighted by Gasteiger charge is -2.11. The van der Waals surface area contributed by atoms with E-state index in [4.69, 9.17) is 0 Å². The van der Waals surface area contributed by atoms with Gasteiger partial charge >= 0.3 is 6.18 Å². The molecule has 0 aliphatic rings. The number of aromatic nitrogens is 2. The van der Waals surface area contributed by atoms with E-state index in [1.807, 2.05) is 0 Å². The van der Waals surface area contributed by atoms with Crippen molar-refractivity contribution in [1.29, 1.82) is 0 Å². The Hall–Kier alpha value is -2.31. The van der Waals surface area contributed by atoms with E-state index in [0.717, 1.165) is 25.1 Å². The van der Waals surface area contributed by atoms with Gasteiger partial charge in [-0.2, -0.15) is 13.2 Å². The predicted octanol–water partition coefficient (Wildman–Crippen LogP) is 4.70.